The van der Waals surface area contributed by atoms with Gasteiger partial charge in [0.15, 0.2) is 6.10 Å². The van der Waals surface area contributed by atoms with Crippen LogP contribution in [0.5, 0.6) is 0 Å². The summed E-state index contributed by atoms with van der Waals surface area (Å²) in [7, 11) is 0. The largest absolute Gasteiger partial charge is 0.463 e. The van der Waals surface area contributed by atoms with Gasteiger partial charge in [0.1, 0.15) is 0 Å². The number of nitrogens with zero attached hydrogens (tertiary/aromatic N) is 1. The summed E-state index contributed by atoms with van der Waals surface area (Å²) in [6, 6.07) is 4.71. The maximum absolute atomic E-state index is 12.1. The van der Waals surface area contributed by atoms with Gasteiger partial charge < -0.3 is 14.6 Å². The first-order valence-electron chi connectivity index (χ1n) is 6.43. The molecule has 116 valence electrons. The predicted octanol–water partition coefficient (Wildman–Crippen LogP) is 0.827. The number of carbonyl (C=O) groups is 2. The zero-order chi connectivity index (χ0) is 16.3. The lowest BCUT2D eigenvalue weighted by Crippen LogP contribution is -2.47. The van der Waals surface area contributed by atoms with Crippen molar-refractivity contribution in [3.8, 4) is 0 Å². The molecular formula is C14H13NO7. The van der Waals surface area contributed by atoms with Crippen LogP contribution in [0, 0.1) is 10.1 Å². The Balaban J connectivity index is 2.43. The first kappa shape index (κ1) is 15.6. The zero-order valence-corrected chi connectivity index (χ0v) is 11.6. The van der Waals surface area contributed by atoms with E-state index in [0.717, 1.165) is 18.2 Å². The number of aliphatic hydroxyl groups is 1. The molecule has 0 unspecified atom stereocenters. The second kappa shape index (κ2) is 5.94. The minimum atomic E-state index is -2.27. The smallest absolute Gasteiger partial charge is 0.347 e. The SMILES string of the molecule is CCOC(=O)[C@](O)(c1ccc([N+](=O)[O-])cc1)[C@@H]1C=CC(=O)O1. The zero-order valence-electron chi connectivity index (χ0n) is 11.6. The summed E-state index contributed by atoms with van der Waals surface area (Å²) >= 11 is 0. The Bertz CT molecular complexity index is 637. The summed E-state index contributed by atoms with van der Waals surface area (Å²) in [4.78, 5) is 33.4. The molecule has 0 spiro atoms. The molecule has 22 heavy (non-hydrogen) atoms. The van der Waals surface area contributed by atoms with Crippen molar-refractivity contribution in [1.29, 1.82) is 0 Å². The second-order valence-electron chi connectivity index (χ2n) is 4.51. The number of rotatable bonds is 5. The van der Waals surface area contributed by atoms with Gasteiger partial charge in [0, 0.05) is 18.2 Å². The number of hydrogen-bond donors (Lipinski definition) is 1. The van der Waals surface area contributed by atoms with E-state index in [1.54, 1.807) is 6.92 Å². The van der Waals surface area contributed by atoms with Gasteiger partial charge in [-0.1, -0.05) is 0 Å². The number of benzene rings is 1. The van der Waals surface area contributed by atoms with Crippen molar-refractivity contribution in [2.45, 2.75) is 18.6 Å². The van der Waals surface area contributed by atoms with Crippen LogP contribution < -0.4 is 0 Å². The van der Waals surface area contributed by atoms with Crippen LogP contribution in [-0.2, 0) is 24.7 Å². The fourth-order valence-corrected chi connectivity index (χ4v) is 2.07. The lowest BCUT2D eigenvalue weighted by atomic mass is 9.88. The first-order chi connectivity index (χ1) is 10.4. The Labute approximate surface area is 125 Å². The molecule has 0 bridgehead atoms. The molecule has 0 amide bonds. The molecule has 1 aromatic rings. The van der Waals surface area contributed by atoms with E-state index < -0.39 is 28.6 Å². The van der Waals surface area contributed by atoms with Gasteiger partial charge in [0.05, 0.1) is 11.5 Å². The molecule has 8 nitrogen and oxygen atoms in total. The number of nitro benzene ring substituents is 1. The molecule has 1 N–H and O–H groups in total. The normalized spacial score (nSPS) is 19.4. The van der Waals surface area contributed by atoms with Gasteiger partial charge >= 0.3 is 11.9 Å². The summed E-state index contributed by atoms with van der Waals surface area (Å²) in [6.07, 6.45) is 1.06. The second-order valence-corrected chi connectivity index (χ2v) is 4.51. The number of ether oxygens (including phenoxy) is 2. The van der Waals surface area contributed by atoms with Crippen molar-refractivity contribution in [3.63, 3.8) is 0 Å². The van der Waals surface area contributed by atoms with Crippen LogP contribution in [0.25, 0.3) is 0 Å². The van der Waals surface area contributed by atoms with Gasteiger partial charge in [0.2, 0.25) is 5.60 Å². The number of esters is 2. The van der Waals surface area contributed by atoms with Crippen LogP contribution in [0.2, 0.25) is 0 Å². The number of cyclic esters (lactones) is 1. The lowest BCUT2D eigenvalue weighted by Gasteiger charge is -2.29. The lowest BCUT2D eigenvalue weighted by molar-refractivity contribution is -0.384. The van der Waals surface area contributed by atoms with Gasteiger partial charge in [-0.3, -0.25) is 10.1 Å². The van der Waals surface area contributed by atoms with E-state index in [1.165, 1.54) is 18.2 Å². The first-order valence-corrected chi connectivity index (χ1v) is 6.43. The Morgan fingerprint density at radius 2 is 2.09 bits per heavy atom. The van der Waals surface area contributed by atoms with E-state index in [-0.39, 0.29) is 17.9 Å². The quantitative estimate of drug-likeness (QED) is 0.486. The molecule has 8 heteroatoms. The summed E-state index contributed by atoms with van der Waals surface area (Å²) < 4.78 is 9.73. The molecule has 2 rings (SSSR count). The molecular weight excluding hydrogens is 294 g/mol. The maximum Gasteiger partial charge on any atom is 0.347 e. The predicted molar refractivity (Wildman–Crippen MR) is 72.6 cm³/mol. The van der Waals surface area contributed by atoms with E-state index in [0.29, 0.717) is 0 Å². The third-order valence-corrected chi connectivity index (χ3v) is 3.17. The molecule has 1 aromatic carbocycles. The molecule has 0 aromatic heterocycles. The average Bonchev–Trinajstić information content (AvgIpc) is 2.93. The van der Waals surface area contributed by atoms with Gasteiger partial charge in [-0.05, 0) is 30.7 Å². The standard InChI is InChI=1S/C14H13NO7/c1-2-21-13(17)14(18,11-7-8-12(16)22-11)9-3-5-10(6-4-9)15(19)20/h3-8,11,18H,2H2,1H3/t11-,14-/m0/s1. The Morgan fingerprint density at radius 1 is 1.45 bits per heavy atom. The van der Waals surface area contributed by atoms with Gasteiger partial charge in [0.25, 0.3) is 5.69 Å². The Morgan fingerprint density at radius 3 is 2.55 bits per heavy atom. The van der Waals surface area contributed by atoms with Crippen molar-refractivity contribution in [2.24, 2.45) is 0 Å². The van der Waals surface area contributed by atoms with Crippen LogP contribution in [0.3, 0.4) is 0 Å². The third kappa shape index (κ3) is 2.68. The fourth-order valence-electron chi connectivity index (χ4n) is 2.07. The minimum Gasteiger partial charge on any atom is -0.463 e. The van der Waals surface area contributed by atoms with Crippen LogP contribution >= 0.6 is 0 Å². The van der Waals surface area contributed by atoms with Crippen molar-refractivity contribution in [2.75, 3.05) is 6.61 Å². The van der Waals surface area contributed by atoms with Crippen molar-refractivity contribution in [3.05, 3.63) is 52.1 Å². The highest BCUT2D eigenvalue weighted by atomic mass is 16.6. The molecule has 0 aliphatic carbocycles. The van der Waals surface area contributed by atoms with E-state index in [9.17, 15) is 24.8 Å². The van der Waals surface area contributed by atoms with Crippen molar-refractivity contribution in [1.82, 2.24) is 0 Å². The minimum absolute atomic E-state index is 0.0124. The number of non-ortho nitro benzene ring substituents is 1. The summed E-state index contributed by atoms with van der Waals surface area (Å²) in [5.74, 6) is -1.71. The molecule has 0 saturated heterocycles. The highest BCUT2D eigenvalue weighted by molar-refractivity contribution is 5.88. The molecule has 0 radical (unpaired) electrons. The summed E-state index contributed by atoms with van der Waals surface area (Å²) in [5.41, 5.74) is -2.44. The molecule has 1 aliphatic heterocycles. The average molecular weight is 307 g/mol. The van der Waals surface area contributed by atoms with E-state index in [1.807, 2.05) is 0 Å². The number of nitro groups is 1. The summed E-state index contributed by atoms with van der Waals surface area (Å²) in [6.45, 7) is 1.57. The molecule has 1 heterocycles. The van der Waals surface area contributed by atoms with E-state index >= 15 is 0 Å². The van der Waals surface area contributed by atoms with Crippen LogP contribution in [-0.4, -0.2) is 34.7 Å². The van der Waals surface area contributed by atoms with Crippen LogP contribution in [0.1, 0.15) is 12.5 Å². The monoisotopic (exact) mass is 307 g/mol. The Hall–Kier alpha value is -2.74. The van der Waals surface area contributed by atoms with Crippen molar-refractivity contribution >= 4 is 17.6 Å². The van der Waals surface area contributed by atoms with Gasteiger partial charge in [-0.2, -0.15) is 0 Å². The molecule has 0 fully saturated rings. The third-order valence-electron chi connectivity index (χ3n) is 3.17. The van der Waals surface area contributed by atoms with Gasteiger partial charge in [-0.25, -0.2) is 9.59 Å². The van der Waals surface area contributed by atoms with Gasteiger partial charge in [-0.15, -0.1) is 0 Å². The van der Waals surface area contributed by atoms with Crippen LogP contribution in [0.15, 0.2) is 36.4 Å². The number of hydrogen-bond acceptors (Lipinski definition) is 7. The highest BCUT2D eigenvalue weighted by Crippen LogP contribution is 2.33. The molecule has 2 atom stereocenters. The highest BCUT2D eigenvalue weighted by Gasteiger charge is 2.50. The van der Waals surface area contributed by atoms with Crippen molar-refractivity contribution < 1.29 is 29.1 Å². The topological polar surface area (TPSA) is 116 Å². The molecule has 1 aliphatic rings. The molecule has 0 saturated carbocycles. The fraction of sp³-hybridized carbons (Fsp3) is 0.286. The van der Waals surface area contributed by atoms with E-state index in [2.05, 4.69) is 0 Å². The maximum atomic E-state index is 12.1. The number of carbonyl (C=O) groups excluding carboxylic acids is 2. The summed E-state index contributed by atoms with van der Waals surface area (Å²) in [5, 5.41) is 21.4. The van der Waals surface area contributed by atoms with E-state index in [4.69, 9.17) is 9.47 Å². The van der Waals surface area contributed by atoms with Crippen LogP contribution in [0.4, 0.5) is 5.69 Å². The Kier molecular flexibility index (Phi) is 4.22.